The predicted molar refractivity (Wildman–Crippen MR) is 219 cm³/mol. The third-order valence-corrected chi connectivity index (χ3v) is 11.5. The maximum Gasteiger partial charge on any atom is 0.127 e. The summed E-state index contributed by atoms with van der Waals surface area (Å²) < 4.78 is 8.61. The van der Waals surface area contributed by atoms with E-state index < -0.39 is 0 Å². The van der Waals surface area contributed by atoms with E-state index in [9.17, 15) is 0 Å². The molecule has 0 fully saturated rings. The third-order valence-electron chi connectivity index (χ3n) is 11.5. The molecule has 1 unspecified atom stereocenters. The summed E-state index contributed by atoms with van der Waals surface area (Å²) in [6.07, 6.45) is 0.986. The minimum absolute atomic E-state index is 0.319. The van der Waals surface area contributed by atoms with Crippen molar-refractivity contribution in [3.63, 3.8) is 0 Å². The fourth-order valence-electron chi connectivity index (χ4n) is 8.97. The number of hydrogen-bond acceptors (Lipinski definition) is 1. The molecule has 2 aliphatic rings. The van der Waals surface area contributed by atoms with E-state index in [0.29, 0.717) is 12.5 Å². The van der Waals surface area contributed by atoms with E-state index in [-0.39, 0.29) is 0 Å². The van der Waals surface area contributed by atoms with E-state index in [1.807, 2.05) is 0 Å². The Morgan fingerprint density at radius 3 is 2.06 bits per heavy atom. The quantitative estimate of drug-likeness (QED) is 0.181. The van der Waals surface area contributed by atoms with Crippen LogP contribution in [0.4, 0.5) is 0 Å². The molecule has 0 bridgehead atoms. The second-order valence-corrected chi connectivity index (χ2v) is 14.4. The molecule has 11 rings (SSSR count). The Kier molecular flexibility index (Phi) is 6.78. The minimum atomic E-state index is 0.319. The minimum Gasteiger partial charge on any atom is -0.488 e. The van der Waals surface area contributed by atoms with Gasteiger partial charge in [0.25, 0.3) is 0 Å². The highest BCUT2D eigenvalue weighted by molar-refractivity contribution is 6.11. The molecule has 1 aromatic heterocycles. The largest absolute Gasteiger partial charge is 0.488 e. The van der Waals surface area contributed by atoms with Gasteiger partial charge in [-0.05, 0) is 98.5 Å². The molecular formula is C51H35NO. The lowest BCUT2D eigenvalue weighted by molar-refractivity contribution is 0.302. The van der Waals surface area contributed by atoms with Gasteiger partial charge in [0.15, 0.2) is 0 Å². The van der Waals surface area contributed by atoms with Crippen LogP contribution in [-0.4, -0.2) is 4.57 Å². The van der Waals surface area contributed by atoms with Crippen LogP contribution in [0.2, 0.25) is 0 Å². The number of para-hydroxylation sites is 2. The summed E-state index contributed by atoms with van der Waals surface area (Å²) in [5.41, 5.74) is 19.0. The molecule has 2 nitrogen and oxygen atoms in total. The van der Waals surface area contributed by atoms with Crippen LogP contribution < -0.4 is 4.74 Å². The first kappa shape index (κ1) is 30.0. The average molecular weight is 678 g/mol. The van der Waals surface area contributed by atoms with Gasteiger partial charge in [-0.2, -0.15) is 0 Å². The second-order valence-electron chi connectivity index (χ2n) is 14.4. The first-order chi connectivity index (χ1) is 26.3. The molecule has 2 heterocycles. The summed E-state index contributed by atoms with van der Waals surface area (Å²) in [6, 6.07) is 66.8. The molecule has 8 aromatic carbocycles. The van der Waals surface area contributed by atoms with Crippen LogP contribution in [-0.2, 0) is 13.0 Å². The molecule has 1 aliphatic carbocycles. The lowest BCUT2D eigenvalue weighted by atomic mass is 9.75. The van der Waals surface area contributed by atoms with Gasteiger partial charge in [-0.15, -0.1) is 0 Å². The zero-order valence-corrected chi connectivity index (χ0v) is 29.2. The monoisotopic (exact) mass is 677 g/mol. The van der Waals surface area contributed by atoms with E-state index in [1.165, 1.54) is 88.7 Å². The molecule has 0 N–H and O–H groups in total. The van der Waals surface area contributed by atoms with Crippen molar-refractivity contribution in [3.05, 3.63) is 204 Å². The summed E-state index contributed by atoms with van der Waals surface area (Å²) in [4.78, 5) is 0. The van der Waals surface area contributed by atoms with Gasteiger partial charge in [0.05, 0.1) is 16.7 Å². The zero-order chi connectivity index (χ0) is 34.9. The smallest absolute Gasteiger partial charge is 0.127 e. The van der Waals surface area contributed by atoms with Crippen molar-refractivity contribution in [1.29, 1.82) is 0 Å². The number of hydrogen-bond donors (Lipinski definition) is 0. The highest BCUT2D eigenvalue weighted by atomic mass is 16.5. The molecule has 2 heteroatoms. The molecule has 1 aliphatic heterocycles. The van der Waals surface area contributed by atoms with Crippen LogP contribution in [0.15, 0.2) is 182 Å². The standard InChI is InChI=1S/C51H35NO/c1-2-11-33(12-3-1)34-21-23-35(24-22-34)44-31-38-26-25-36(29-45(38)41-15-5-4-14-40(41)44)37-27-28-48-46(30-37)42-16-6-8-18-47(42)52(48)49-19-10-13-39-32-53-50-20-9-7-17-43(50)51(39)49/h1-30,44H,31-32H2. The Morgan fingerprint density at radius 1 is 0.453 bits per heavy atom. The summed E-state index contributed by atoms with van der Waals surface area (Å²) in [5.74, 6) is 1.26. The van der Waals surface area contributed by atoms with Crippen molar-refractivity contribution < 1.29 is 4.74 Å². The van der Waals surface area contributed by atoms with Crippen molar-refractivity contribution in [2.24, 2.45) is 0 Å². The van der Waals surface area contributed by atoms with Gasteiger partial charge in [-0.25, -0.2) is 0 Å². The van der Waals surface area contributed by atoms with Gasteiger partial charge in [0.2, 0.25) is 0 Å². The number of aromatic nitrogens is 1. The summed E-state index contributed by atoms with van der Waals surface area (Å²) >= 11 is 0. The van der Waals surface area contributed by atoms with Crippen LogP contribution in [0.5, 0.6) is 5.75 Å². The van der Waals surface area contributed by atoms with Crippen LogP contribution in [0.3, 0.4) is 0 Å². The van der Waals surface area contributed by atoms with Crippen molar-refractivity contribution in [3.8, 4) is 55.9 Å². The Hall–Kier alpha value is -6.64. The SMILES string of the molecule is c1ccc(-c2ccc(C3Cc4ccc(-c5ccc6c(c5)c5ccccc5n6-c5cccc6c5-c5ccccc5OC6)cc4-c4ccccc43)cc2)cc1. The lowest BCUT2D eigenvalue weighted by Gasteiger charge is -2.29. The van der Waals surface area contributed by atoms with Gasteiger partial charge in [-0.1, -0.05) is 146 Å². The van der Waals surface area contributed by atoms with E-state index >= 15 is 0 Å². The van der Waals surface area contributed by atoms with Crippen molar-refractivity contribution >= 4 is 21.8 Å². The van der Waals surface area contributed by atoms with Gasteiger partial charge >= 0.3 is 0 Å². The number of nitrogens with zero attached hydrogens (tertiary/aromatic N) is 1. The van der Waals surface area contributed by atoms with E-state index in [4.69, 9.17) is 4.74 Å². The highest BCUT2D eigenvalue weighted by Crippen LogP contribution is 2.46. The zero-order valence-electron chi connectivity index (χ0n) is 29.2. The first-order valence-electron chi connectivity index (χ1n) is 18.5. The van der Waals surface area contributed by atoms with Gasteiger partial charge < -0.3 is 9.30 Å². The second kappa shape index (κ2) is 12.0. The molecule has 0 saturated heterocycles. The summed E-state index contributed by atoms with van der Waals surface area (Å²) in [6.45, 7) is 0.574. The number of rotatable bonds is 4. The van der Waals surface area contributed by atoms with Crippen molar-refractivity contribution in [1.82, 2.24) is 4.57 Å². The van der Waals surface area contributed by atoms with E-state index in [2.05, 4.69) is 187 Å². The topological polar surface area (TPSA) is 14.2 Å². The molecule has 0 spiro atoms. The molecule has 0 saturated carbocycles. The Balaban J connectivity index is 1.00. The van der Waals surface area contributed by atoms with Crippen molar-refractivity contribution in [2.45, 2.75) is 18.9 Å². The number of benzene rings is 8. The number of ether oxygens (including phenoxy) is 1. The maximum atomic E-state index is 6.16. The summed E-state index contributed by atoms with van der Waals surface area (Å²) in [7, 11) is 0. The molecule has 9 aromatic rings. The Morgan fingerprint density at radius 2 is 1.15 bits per heavy atom. The van der Waals surface area contributed by atoms with Gasteiger partial charge in [0.1, 0.15) is 12.4 Å². The fraction of sp³-hybridized carbons (Fsp3) is 0.0588. The van der Waals surface area contributed by atoms with E-state index in [1.54, 1.807) is 0 Å². The molecule has 0 amide bonds. The lowest BCUT2D eigenvalue weighted by Crippen LogP contribution is -2.12. The predicted octanol–water partition coefficient (Wildman–Crippen LogP) is 13.0. The molecule has 53 heavy (non-hydrogen) atoms. The van der Waals surface area contributed by atoms with Gasteiger partial charge in [0, 0.05) is 27.8 Å². The number of fused-ring (bicyclic) bond motifs is 9. The Labute approximate surface area is 309 Å². The average Bonchev–Trinajstić information content (AvgIpc) is 3.57. The molecule has 0 radical (unpaired) electrons. The van der Waals surface area contributed by atoms with Crippen LogP contribution in [0.25, 0.3) is 72.0 Å². The molecule has 250 valence electrons. The van der Waals surface area contributed by atoms with Crippen LogP contribution >= 0.6 is 0 Å². The maximum absolute atomic E-state index is 6.16. The first-order valence-corrected chi connectivity index (χ1v) is 18.5. The molecule has 1 atom stereocenters. The van der Waals surface area contributed by atoms with Gasteiger partial charge in [-0.3, -0.25) is 0 Å². The van der Waals surface area contributed by atoms with Crippen LogP contribution in [0.1, 0.15) is 28.2 Å². The van der Waals surface area contributed by atoms with Crippen molar-refractivity contribution in [2.75, 3.05) is 0 Å². The third kappa shape index (κ3) is 4.80. The molecular weight excluding hydrogens is 643 g/mol. The highest BCUT2D eigenvalue weighted by Gasteiger charge is 2.27. The summed E-state index contributed by atoms with van der Waals surface area (Å²) in [5, 5.41) is 2.51. The van der Waals surface area contributed by atoms with Crippen LogP contribution in [0, 0.1) is 0 Å². The normalized spacial score (nSPS) is 14.2. The van der Waals surface area contributed by atoms with E-state index in [0.717, 1.165) is 17.7 Å². The fourth-order valence-corrected chi connectivity index (χ4v) is 8.97. The Bertz CT molecular complexity index is 2860.